The van der Waals surface area contributed by atoms with Crippen LogP contribution in [0.4, 0.5) is 0 Å². The number of aliphatic hydroxyl groups excluding tert-OH is 1. The van der Waals surface area contributed by atoms with E-state index in [-0.39, 0.29) is 18.4 Å². The molecule has 1 aromatic carbocycles. The minimum Gasteiger partial charge on any atom is -0.508 e. The van der Waals surface area contributed by atoms with E-state index < -0.39 is 0 Å². The summed E-state index contributed by atoms with van der Waals surface area (Å²) in [5, 5.41) is 18.5. The fourth-order valence-corrected chi connectivity index (χ4v) is 1.41. The Morgan fingerprint density at radius 2 is 2.07 bits per heavy atom. The number of hydrogen-bond acceptors (Lipinski definition) is 4. The maximum absolute atomic E-state index is 9.61. The summed E-state index contributed by atoms with van der Waals surface area (Å²) < 4.78 is 0. The van der Waals surface area contributed by atoms with Gasteiger partial charge in [-0.2, -0.15) is 0 Å². The molecular weight excluding hydrogens is 192 g/mol. The van der Waals surface area contributed by atoms with Crippen LogP contribution in [0.1, 0.15) is 17.2 Å². The Hall–Kier alpha value is -1.10. The lowest BCUT2D eigenvalue weighted by Gasteiger charge is -2.14. The molecule has 0 aliphatic rings. The maximum atomic E-state index is 9.61. The van der Waals surface area contributed by atoms with Crippen molar-refractivity contribution in [2.75, 3.05) is 20.7 Å². The molecule has 0 spiro atoms. The third-order valence-corrected chi connectivity index (χ3v) is 2.21. The molecule has 4 N–H and O–H groups in total. The Balaban J connectivity index is 2.94. The fraction of sp³-hybridized carbons (Fsp3) is 0.455. The first kappa shape index (κ1) is 12.0. The zero-order chi connectivity index (χ0) is 11.4. The molecule has 0 saturated carbocycles. The van der Waals surface area contributed by atoms with Gasteiger partial charge in [0.15, 0.2) is 0 Å². The molecule has 0 amide bonds. The second-order valence-electron chi connectivity index (χ2n) is 3.91. The van der Waals surface area contributed by atoms with Gasteiger partial charge in [0.05, 0.1) is 12.6 Å². The van der Waals surface area contributed by atoms with Gasteiger partial charge in [0, 0.05) is 12.1 Å². The van der Waals surface area contributed by atoms with Crippen molar-refractivity contribution < 1.29 is 10.2 Å². The monoisotopic (exact) mass is 210 g/mol. The van der Waals surface area contributed by atoms with Crippen LogP contribution in [-0.4, -0.2) is 35.8 Å². The average molecular weight is 210 g/mol. The van der Waals surface area contributed by atoms with Gasteiger partial charge in [0.25, 0.3) is 0 Å². The number of nitrogens with zero attached hydrogens (tertiary/aromatic N) is 1. The van der Waals surface area contributed by atoms with Crippen molar-refractivity contribution >= 4 is 0 Å². The predicted octanol–water partition coefficient (Wildman–Crippen LogP) is 0.446. The number of aromatic hydroxyl groups is 1. The summed E-state index contributed by atoms with van der Waals surface area (Å²) in [6.45, 7) is 0.560. The van der Waals surface area contributed by atoms with Crippen LogP contribution >= 0.6 is 0 Å². The highest BCUT2D eigenvalue weighted by molar-refractivity contribution is 5.37. The highest BCUT2D eigenvalue weighted by atomic mass is 16.3. The first-order valence-corrected chi connectivity index (χ1v) is 4.87. The van der Waals surface area contributed by atoms with Gasteiger partial charge in [-0.15, -0.1) is 0 Å². The molecule has 0 saturated heterocycles. The van der Waals surface area contributed by atoms with Gasteiger partial charge in [-0.1, -0.05) is 6.07 Å². The van der Waals surface area contributed by atoms with Crippen molar-refractivity contribution in [3.05, 3.63) is 29.3 Å². The standard InChI is InChI=1S/C11H18N2O2/c1-13(2)6-9-5-8(10(12)7-14)3-4-11(9)15/h3-5,10,14-15H,6-7,12H2,1-2H3/t10-/m0/s1. The second kappa shape index (κ2) is 5.11. The van der Waals surface area contributed by atoms with Crippen molar-refractivity contribution in [3.8, 4) is 5.75 Å². The summed E-state index contributed by atoms with van der Waals surface area (Å²) in [5.74, 6) is 0.262. The Kier molecular flexibility index (Phi) is 4.08. The molecule has 0 bridgehead atoms. The average Bonchev–Trinajstić information content (AvgIpc) is 2.19. The number of aliphatic hydroxyl groups is 1. The highest BCUT2D eigenvalue weighted by Gasteiger charge is 2.08. The molecule has 4 nitrogen and oxygen atoms in total. The zero-order valence-corrected chi connectivity index (χ0v) is 9.14. The lowest BCUT2D eigenvalue weighted by Crippen LogP contribution is -2.16. The normalized spacial score (nSPS) is 13.1. The van der Waals surface area contributed by atoms with Gasteiger partial charge >= 0.3 is 0 Å². The summed E-state index contributed by atoms with van der Waals surface area (Å²) in [7, 11) is 3.86. The van der Waals surface area contributed by atoms with Crippen LogP contribution in [0.5, 0.6) is 5.75 Å². The van der Waals surface area contributed by atoms with Gasteiger partial charge < -0.3 is 20.8 Å². The smallest absolute Gasteiger partial charge is 0.120 e. The Bertz CT molecular complexity index is 326. The van der Waals surface area contributed by atoms with Gasteiger partial charge in [0.1, 0.15) is 5.75 Å². The number of hydrogen-bond donors (Lipinski definition) is 3. The van der Waals surface area contributed by atoms with Gasteiger partial charge in [0.2, 0.25) is 0 Å². The van der Waals surface area contributed by atoms with Crippen molar-refractivity contribution in [1.82, 2.24) is 4.90 Å². The molecule has 15 heavy (non-hydrogen) atoms. The molecule has 4 heteroatoms. The number of benzene rings is 1. The minimum absolute atomic E-state index is 0.0911. The highest BCUT2D eigenvalue weighted by Crippen LogP contribution is 2.22. The molecule has 0 aromatic heterocycles. The molecule has 0 radical (unpaired) electrons. The first-order chi connectivity index (χ1) is 7.04. The van der Waals surface area contributed by atoms with E-state index in [0.717, 1.165) is 11.1 Å². The van der Waals surface area contributed by atoms with Crippen LogP contribution in [-0.2, 0) is 6.54 Å². The van der Waals surface area contributed by atoms with Crippen molar-refractivity contribution in [1.29, 1.82) is 0 Å². The van der Waals surface area contributed by atoms with E-state index in [1.165, 1.54) is 0 Å². The quantitative estimate of drug-likeness (QED) is 0.674. The molecule has 0 aliphatic heterocycles. The molecule has 84 valence electrons. The van der Waals surface area contributed by atoms with Crippen LogP contribution < -0.4 is 5.73 Å². The molecule has 0 fully saturated rings. The molecule has 0 unspecified atom stereocenters. The minimum atomic E-state index is -0.383. The number of phenolic OH excluding ortho intramolecular Hbond substituents is 1. The molecule has 0 aliphatic carbocycles. The zero-order valence-electron chi connectivity index (χ0n) is 9.14. The third kappa shape index (κ3) is 3.20. The molecule has 1 aromatic rings. The summed E-state index contributed by atoms with van der Waals surface area (Å²) >= 11 is 0. The fourth-order valence-electron chi connectivity index (χ4n) is 1.41. The summed E-state index contributed by atoms with van der Waals surface area (Å²) in [6.07, 6.45) is 0. The summed E-state index contributed by atoms with van der Waals surface area (Å²) in [6, 6.07) is 4.79. The van der Waals surface area contributed by atoms with E-state index in [0.29, 0.717) is 6.54 Å². The van der Waals surface area contributed by atoms with E-state index in [2.05, 4.69) is 0 Å². The Morgan fingerprint density at radius 1 is 1.40 bits per heavy atom. The van der Waals surface area contributed by atoms with Crippen LogP contribution in [0.15, 0.2) is 18.2 Å². The predicted molar refractivity (Wildman–Crippen MR) is 59.5 cm³/mol. The summed E-state index contributed by atoms with van der Waals surface area (Å²) in [4.78, 5) is 1.96. The van der Waals surface area contributed by atoms with Crippen molar-refractivity contribution in [2.24, 2.45) is 5.73 Å². The summed E-state index contributed by atoms with van der Waals surface area (Å²) in [5.41, 5.74) is 7.36. The third-order valence-electron chi connectivity index (χ3n) is 2.21. The maximum Gasteiger partial charge on any atom is 0.120 e. The van der Waals surface area contributed by atoms with Gasteiger partial charge in [-0.25, -0.2) is 0 Å². The SMILES string of the molecule is CN(C)Cc1cc([C@@H](N)CO)ccc1O. The largest absolute Gasteiger partial charge is 0.508 e. The van der Waals surface area contributed by atoms with Gasteiger partial charge in [-0.05, 0) is 31.8 Å². The van der Waals surface area contributed by atoms with E-state index in [9.17, 15) is 5.11 Å². The lowest BCUT2D eigenvalue weighted by atomic mass is 10.0. The van der Waals surface area contributed by atoms with E-state index in [4.69, 9.17) is 10.8 Å². The van der Waals surface area contributed by atoms with Crippen LogP contribution in [0.25, 0.3) is 0 Å². The van der Waals surface area contributed by atoms with Crippen molar-refractivity contribution in [2.45, 2.75) is 12.6 Å². The second-order valence-corrected chi connectivity index (χ2v) is 3.91. The van der Waals surface area contributed by atoms with Crippen LogP contribution in [0, 0.1) is 0 Å². The van der Waals surface area contributed by atoms with E-state index in [1.807, 2.05) is 25.1 Å². The van der Waals surface area contributed by atoms with Crippen LogP contribution in [0.3, 0.4) is 0 Å². The van der Waals surface area contributed by atoms with Crippen LogP contribution in [0.2, 0.25) is 0 Å². The number of phenols is 1. The molecule has 0 heterocycles. The van der Waals surface area contributed by atoms with E-state index in [1.54, 1.807) is 12.1 Å². The molecular formula is C11H18N2O2. The topological polar surface area (TPSA) is 69.7 Å². The lowest BCUT2D eigenvalue weighted by molar-refractivity contribution is 0.267. The Labute approximate surface area is 89.9 Å². The Morgan fingerprint density at radius 3 is 2.60 bits per heavy atom. The number of nitrogens with two attached hydrogens (primary N) is 1. The van der Waals surface area contributed by atoms with E-state index >= 15 is 0 Å². The van der Waals surface area contributed by atoms with Gasteiger partial charge in [-0.3, -0.25) is 0 Å². The first-order valence-electron chi connectivity index (χ1n) is 4.87. The molecule has 1 rings (SSSR count). The van der Waals surface area contributed by atoms with Crippen molar-refractivity contribution in [3.63, 3.8) is 0 Å². The molecule has 1 atom stereocenters. The number of rotatable bonds is 4.